The average Bonchev–Trinajstić information content (AvgIpc) is 3.51. The van der Waals surface area contributed by atoms with Gasteiger partial charge in [0.05, 0.1) is 23.5 Å². The van der Waals surface area contributed by atoms with Crippen LogP contribution in [-0.4, -0.2) is 37.1 Å². The maximum atomic E-state index is 12.9. The van der Waals surface area contributed by atoms with Gasteiger partial charge in [0.15, 0.2) is 5.69 Å². The van der Waals surface area contributed by atoms with Gasteiger partial charge in [-0.15, -0.1) is 5.10 Å². The molecule has 7 N–H and O–H groups in total. The number of carbonyl (C=O) groups is 2. The highest BCUT2D eigenvalue weighted by molar-refractivity contribution is 5.98. The lowest BCUT2D eigenvalue weighted by Crippen LogP contribution is -2.37. The number of benzene rings is 2. The minimum atomic E-state index is -0.614. The lowest BCUT2D eigenvalue weighted by molar-refractivity contribution is 0.0931. The highest BCUT2D eigenvalue weighted by atomic mass is 16.6. The molecule has 0 saturated carbocycles. The quantitative estimate of drug-likeness (QED) is 0.157. The molecule has 14 heteroatoms. The van der Waals surface area contributed by atoms with Crippen molar-refractivity contribution < 1.29 is 19.0 Å². The Labute approximate surface area is 204 Å². The molecule has 0 unspecified atom stereocenters. The van der Waals surface area contributed by atoms with Gasteiger partial charge in [0, 0.05) is 5.69 Å². The van der Waals surface area contributed by atoms with E-state index in [4.69, 9.17) is 16.2 Å². The van der Waals surface area contributed by atoms with E-state index in [2.05, 4.69) is 41.4 Å². The van der Waals surface area contributed by atoms with Gasteiger partial charge in [-0.1, -0.05) is 35.5 Å². The maximum Gasteiger partial charge on any atom is 0.292 e. The molecule has 2 aromatic heterocycles. The summed E-state index contributed by atoms with van der Waals surface area (Å²) in [7, 11) is 0. The molecule has 4 aromatic rings. The Bertz CT molecular complexity index is 1400. The number of rotatable bonds is 10. The molecule has 2 aromatic carbocycles. The van der Waals surface area contributed by atoms with Crippen LogP contribution in [0.1, 0.15) is 33.5 Å². The minimum absolute atomic E-state index is 0.00170. The molecule has 2 heterocycles. The number of amides is 2. The summed E-state index contributed by atoms with van der Waals surface area (Å²) in [5.41, 5.74) is 18.0. The molecule has 2 amide bonds. The van der Waals surface area contributed by atoms with E-state index in [0.717, 1.165) is 0 Å². The predicted octanol–water partition coefficient (Wildman–Crippen LogP) is 1.12. The topological polar surface area (TPSA) is 201 Å². The van der Waals surface area contributed by atoms with Crippen molar-refractivity contribution in [1.29, 1.82) is 0 Å². The van der Waals surface area contributed by atoms with Crippen LogP contribution in [0.25, 0.3) is 5.82 Å². The SMILES string of the molecule is C/C(=C/Oc1ccccc1)NNC(=O)c1nnn(-c2nonc2N)c1CNc1ccccc1C(N)=O. The standard InChI is InChI=1S/C22H22N10O4/c1-13(12-35-14-7-3-2-4-8-14)26-28-22(34)18-17(32(31-27-18)21-19(23)29-36-30-21)11-25-16-10-6-5-9-15(16)20(24)33/h2-10,12,25-26H,11H2,1H3,(H2,23,29)(H2,24,33)(H,28,34)/b13-12-. The van der Waals surface area contributed by atoms with E-state index >= 15 is 0 Å². The van der Waals surface area contributed by atoms with Crippen molar-refractivity contribution in [2.75, 3.05) is 11.1 Å². The Morgan fingerprint density at radius 3 is 2.56 bits per heavy atom. The zero-order chi connectivity index (χ0) is 25.5. The number of hydrogen-bond donors (Lipinski definition) is 5. The van der Waals surface area contributed by atoms with Crippen molar-refractivity contribution in [3.05, 3.63) is 83.5 Å². The summed E-state index contributed by atoms with van der Waals surface area (Å²) in [4.78, 5) is 24.7. The van der Waals surface area contributed by atoms with Gasteiger partial charge in [-0.3, -0.25) is 20.4 Å². The number of allylic oxidation sites excluding steroid dienone is 1. The average molecular weight is 490 g/mol. The van der Waals surface area contributed by atoms with Crippen molar-refractivity contribution in [2.45, 2.75) is 13.5 Å². The number of aromatic nitrogens is 5. The summed E-state index contributed by atoms with van der Waals surface area (Å²) in [5.74, 6) is -0.598. The summed E-state index contributed by atoms with van der Waals surface area (Å²) in [5, 5.41) is 18.3. The van der Waals surface area contributed by atoms with Gasteiger partial charge >= 0.3 is 0 Å². The normalized spacial score (nSPS) is 11.1. The second-order valence-corrected chi connectivity index (χ2v) is 7.34. The summed E-state index contributed by atoms with van der Waals surface area (Å²) >= 11 is 0. The van der Waals surface area contributed by atoms with Gasteiger partial charge in [0.2, 0.25) is 11.6 Å². The highest BCUT2D eigenvalue weighted by Crippen LogP contribution is 2.19. The monoisotopic (exact) mass is 490 g/mol. The lowest BCUT2D eigenvalue weighted by Gasteiger charge is -2.12. The van der Waals surface area contributed by atoms with Crippen molar-refractivity contribution in [3.8, 4) is 11.6 Å². The Hall–Kier alpha value is -5.40. The third-order valence-corrected chi connectivity index (χ3v) is 4.80. The summed E-state index contributed by atoms with van der Waals surface area (Å²) in [6.07, 6.45) is 1.44. The fourth-order valence-electron chi connectivity index (χ4n) is 3.08. The number of nitrogen functional groups attached to an aromatic ring is 1. The molecular weight excluding hydrogens is 468 g/mol. The summed E-state index contributed by atoms with van der Waals surface area (Å²) in [6.45, 7) is 1.70. The first-order valence-electron chi connectivity index (χ1n) is 10.5. The number of hydrazine groups is 1. The van der Waals surface area contributed by atoms with Crippen LogP contribution in [0.2, 0.25) is 0 Å². The van der Waals surface area contributed by atoms with Gasteiger partial charge in [0.1, 0.15) is 12.0 Å². The van der Waals surface area contributed by atoms with Crippen LogP contribution in [0.4, 0.5) is 11.5 Å². The zero-order valence-electron chi connectivity index (χ0n) is 19.0. The molecule has 0 saturated heterocycles. The fourth-order valence-corrected chi connectivity index (χ4v) is 3.08. The molecule has 184 valence electrons. The van der Waals surface area contributed by atoms with Crippen LogP contribution in [0, 0.1) is 0 Å². The molecule has 0 aliphatic rings. The van der Waals surface area contributed by atoms with E-state index in [1.807, 2.05) is 18.2 Å². The predicted molar refractivity (Wildman–Crippen MR) is 127 cm³/mol. The number of para-hydroxylation sites is 2. The van der Waals surface area contributed by atoms with Crippen LogP contribution in [0.3, 0.4) is 0 Å². The van der Waals surface area contributed by atoms with Crippen molar-refractivity contribution >= 4 is 23.3 Å². The Morgan fingerprint density at radius 1 is 1.08 bits per heavy atom. The van der Waals surface area contributed by atoms with Gasteiger partial charge < -0.3 is 21.5 Å². The number of primary amides is 1. The van der Waals surface area contributed by atoms with Gasteiger partial charge in [-0.2, -0.15) is 4.68 Å². The number of nitrogens with two attached hydrogens (primary N) is 2. The van der Waals surface area contributed by atoms with Gasteiger partial charge in [-0.05, 0) is 41.5 Å². The van der Waals surface area contributed by atoms with Crippen LogP contribution in [0.5, 0.6) is 5.75 Å². The highest BCUT2D eigenvalue weighted by Gasteiger charge is 2.24. The van der Waals surface area contributed by atoms with E-state index in [-0.39, 0.29) is 35.1 Å². The molecular formula is C22H22N10O4. The van der Waals surface area contributed by atoms with Gasteiger partial charge in [0.25, 0.3) is 11.8 Å². The molecule has 0 aliphatic carbocycles. The lowest BCUT2D eigenvalue weighted by atomic mass is 10.1. The smallest absolute Gasteiger partial charge is 0.292 e. The molecule has 14 nitrogen and oxygen atoms in total. The number of nitrogens with zero attached hydrogens (tertiary/aromatic N) is 5. The van der Waals surface area contributed by atoms with E-state index < -0.39 is 11.8 Å². The summed E-state index contributed by atoms with van der Waals surface area (Å²) < 4.78 is 11.4. The number of ether oxygens (including phenoxy) is 1. The Morgan fingerprint density at radius 2 is 1.83 bits per heavy atom. The zero-order valence-corrected chi connectivity index (χ0v) is 19.0. The first kappa shape index (κ1) is 23.7. The molecule has 0 fully saturated rings. The number of carbonyl (C=O) groups excluding carboxylic acids is 2. The van der Waals surface area contributed by atoms with Gasteiger partial charge in [-0.25, -0.2) is 4.63 Å². The first-order chi connectivity index (χ1) is 17.4. The number of anilines is 2. The Balaban J connectivity index is 1.53. The molecule has 0 atom stereocenters. The molecule has 0 spiro atoms. The molecule has 0 aliphatic heterocycles. The molecule has 36 heavy (non-hydrogen) atoms. The van der Waals surface area contributed by atoms with E-state index in [1.54, 1.807) is 43.3 Å². The molecule has 4 rings (SSSR count). The largest absolute Gasteiger partial charge is 0.463 e. The van der Waals surface area contributed by atoms with Crippen LogP contribution in [-0.2, 0) is 6.54 Å². The van der Waals surface area contributed by atoms with Crippen molar-refractivity contribution in [3.63, 3.8) is 0 Å². The third kappa shape index (κ3) is 5.39. The van der Waals surface area contributed by atoms with Crippen LogP contribution >= 0.6 is 0 Å². The molecule has 0 bridgehead atoms. The second-order valence-electron chi connectivity index (χ2n) is 7.34. The van der Waals surface area contributed by atoms with Crippen LogP contribution in [0.15, 0.2) is 71.2 Å². The molecule has 0 radical (unpaired) electrons. The first-order valence-corrected chi connectivity index (χ1v) is 10.5. The second kappa shape index (κ2) is 10.7. The minimum Gasteiger partial charge on any atom is -0.463 e. The van der Waals surface area contributed by atoms with E-state index in [0.29, 0.717) is 17.1 Å². The van der Waals surface area contributed by atoms with Crippen LogP contribution < -0.4 is 32.4 Å². The number of nitrogens with one attached hydrogen (secondary N) is 3. The number of hydrogen-bond acceptors (Lipinski definition) is 11. The van der Waals surface area contributed by atoms with Crippen molar-refractivity contribution in [2.24, 2.45) is 5.73 Å². The summed E-state index contributed by atoms with van der Waals surface area (Å²) in [6, 6.07) is 15.8. The van der Waals surface area contributed by atoms with E-state index in [1.165, 1.54) is 10.9 Å². The Kier molecular flexibility index (Phi) is 7.05. The maximum absolute atomic E-state index is 12.9. The van der Waals surface area contributed by atoms with E-state index in [9.17, 15) is 9.59 Å². The fraction of sp³-hybridized carbons (Fsp3) is 0.0909. The van der Waals surface area contributed by atoms with Crippen molar-refractivity contribution in [1.82, 2.24) is 36.2 Å². The third-order valence-electron chi connectivity index (χ3n) is 4.80.